The third kappa shape index (κ3) is 6.48. The smallest absolute Gasteiger partial charge is 0.269 e. The van der Waals surface area contributed by atoms with Crippen molar-refractivity contribution in [2.24, 2.45) is 0 Å². The van der Waals surface area contributed by atoms with Crippen LogP contribution in [0.2, 0.25) is 0 Å². The highest BCUT2D eigenvalue weighted by Gasteiger charge is 2.14. The van der Waals surface area contributed by atoms with Crippen LogP contribution in [0.15, 0.2) is 66.2 Å². The number of hydrogen-bond donors (Lipinski definition) is 1. The molecule has 0 heterocycles. The molecule has 0 aliphatic heterocycles. The van der Waals surface area contributed by atoms with Crippen LogP contribution in [0.1, 0.15) is 11.1 Å². The fourth-order valence-electron chi connectivity index (χ4n) is 2.74. The average Bonchev–Trinajstić information content (AvgIpc) is 2.78. The Labute approximate surface area is 215 Å². The summed E-state index contributed by atoms with van der Waals surface area (Å²) >= 11 is 4.17. The number of non-ortho nitro benzene ring substituents is 1. The Balaban J connectivity index is 1.75. The summed E-state index contributed by atoms with van der Waals surface area (Å²) in [6.07, 6.45) is 1.42. The predicted octanol–water partition coefficient (Wildman–Crippen LogP) is 6.07. The van der Waals surface area contributed by atoms with Gasteiger partial charge >= 0.3 is 0 Å². The lowest BCUT2D eigenvalue weighted by molar-refractivity contribution is -0.384. The molecule has 0 aliphatic carbocycles. The van der Waals surface area contributed by atoms with E-state index in [0.717, 1.165) is 12.7 Å². The molecule has 3 aromatic carbocycles. The predicted molar refractivity (Wildman–Crippen MR) is 138 cm³/mol. The van der Waals surface area contributed by atoms with E-state index in [4.69, 9.17) is 4.74 Å². The summed E-state index contributed by atoms with van der Waals surface area (Å²) in [6, 6.07) is 17.1. The number of nitriles is 1. The third-order valence-electron chi connectivity index (χ3n) is 4.35. The van der Waals surface area contributed by atoms with E-state index >= 15 is 0 Å². The molecule has 0 saturated carbocycles. The monoisotopic (exact) mass is 669 g/mol. The Bertz CT molecular complexity index is 1260. The number of nitrogens with zero attached hydrogens (tertiary/aromatic N) is 2. The van der Waals surface area contributed by atoms with E-state index in [-0.39, 0.29) is 23.6 Å². The van der Waals surface area contributed by atoms with Gasteiger partial charge in [-0.2, -0.15) is 5.26 Å². The topological polar surface area (TPSA) is 105 Å². The maximum atomic E-state index is 13.8. The Kier molecular flexibility index (Phi) is 8.34. The van der Waals surface area contributed by atoms with Gasteiger partial charge in [-0.1, -0.05) is 12.1 Å². The van der Waals surface area contributed by atoms with Gasteiger partial charge in [0.1, 0.15) is 29.8 Å². The number of carbonyl (C=O) groups is 1. The number of benzene rings is 3. The van der Waals surface area contributed by atoms with Gasteiger partial charge in [-0.25, -0.2) is 4.39 Å². The largest absolute Gasteiger partial charge is 0.487 e. The summed E-state index contributed by atoms with van der Waals surface area (Å²) in [6.45, 7) is 0.216. The van der Waals surface area contributed by atoms with Crippen LogP contribution >= 0.6 is 45.2 Å². The maximum Gasteiger partial charge on any atom is 0.269 e. The number of halogens is 3. The van der Waals surface area contributed by atoms with Crippen LogP contribution in [0.25, 0.3) is 6.08 Å². The van der Waals surface area contributed by atoms with Gasteiger partial charge in [-0.3, -0.25) is 14.9 Å². The molecule has 0 saturated heterocycles. The van der Waals surface area contributed by atoms with Gasteiger partial charge in [0.2, 0.25) is 0 Å². The lowest BCUT2D eigenvalue weighted by atomic mass is 10.1. The lowest BCUT2D eigenvalue weighted by Gasteiger charge is -2.12. The van der Waals surface area contributed by atoms with Crippen LogP contribution < -0.4 is 10.1 Å². The SMILES string of the molecule is N#C/C(=C/c1cc(I)c(OCc2ccc([N+](=O)[O-])cc2)c(I)c1)C(=O)Nc1ccccc1F. The zero-order valence-corrected chi connectivity index (χ0v) is 21.0. The number of hydrogen-bond acceptors (Lipinski definition) is 5. The van der Waals surface area contributed by atoms with Gasteiger partial charge in [-0.05, 0) is 98.8 Å². The van der Waals surface area contributed by atoms with Gasteiger partial charge in [0, 0.05) is 12.1 Å². The zero-order chi connectivity index (χ0) is 24.0. The van der Waals surface area contributed by atoms with Crippen molar-refractivity contribution in [3.8, 4) is 11.8 Å². The molecule has 166 valence electrons. The fraction of sp³-hybridized carbons (Fsp3) is 0.0435. The van der Waals surface area contributed by atoms with Crippen molar-refractivity contribution in [1.29, 1.82) is 5.26 Å². The third-order valence-corrected chi connectivity index (χ3v) is 5.95. The zero-order valence-electron chi connectivity index (χ0n) is 16.7. The number of nitrogens with one attached hydrogen (secondary N) is 1. The van der Waals surface area contributed by atoms with Crippen molar-refractivity contribution in [1.82, 2.24) is 0 Å². The van der Waals surface area contributed by atoms with Crippen molar-refractivity contribution in [3.63, 3.8) is 0 Å². The molecule has 1 N–H and O–H groups in total. The van der Waals surface area contributed by atoms with Crippen LogP contribution in [-0.2, 0) is 11.4 Å². The molecule has 0 aromatic heterocycles. The Morgan fingerprint density at radius 1 is 1.15 bits per heavy atom. The Hall–Kier alpha value is -3.05. The molecule has 0 radical (unpaired) electrons. The summed E-state index contributed by atoms with van der Waals surface area (Å²) in [5.74, 6) is -0.700. The minimum absolute atomic E-state index is 0.00591. The molecule has 0 spiro atoms. The van der Waals surface area contributed by atoms with Crippen molar-refractivity contribution < 1.29 is 18.8 Å². The molecule has 33 heavy (non-hydrogen) atoms. The van der Waals surface area contributed by atoms with Crippen LogP contribution in [0.4, 0.5) is 15.8 Å². The van der Waals surface area contributed by atoms with Crippen LogP contribution in [0.5, 0.6) is 5.75 Å². The summed E-state index contributed by atoms with van der Waals surface area (Å²) in [7, 11) is 0. The second-order valence-corrected chi connectivity index (χ2v) is 8.95. The molecule has 0 aliphatic rings. The second kappa shape index (κ2) is 11.2. The van der Waals surface area contributed by atoms with E-state index in [0.29, 0.717) is 11.3 Å². The van der Waals surface area contributed by atoms with Crippen molar-refractivity contribution in [2.75, 3.05) is 5.32 Å². The highest BCUT2D eigenvalue weighted by molar-refractivity contribution is 14.1. The van der Waals surface area contributed by atoms with Crippen molar-refractivity contribution in [3.05, 3.63) is 100 Å². The van der Waals surface area contributed by atoms with E-state index < -0.39 is 16.6 Å². The van der Waals surface area contributed by atoms with Gasteiger partial charge in [-0.15, -0.1) is 0 Å². The molecule has 3 aromatic rings. The van der Waals surface area contributed by atoms with Crippen molar-refractivity contribution in [2.45, 2.75) is 6.61 Å². The number of nitro benzene ring substituents is 1. The first kappa shape index (κ1) is 24.6. The van der Waals surface area contributed by atoms with Gasteiger partial charge in [0.25, 0.3) is 11.6 Å². The molecule has 0 unspecified atom stereocenters. The molecule has 3 rings (SSSR count). The molecule has 10 heteroatoms. The molecule has 7 nitrogen and oxygen atoms in total. The molecule has 0 fully saturated rings. The summed E-state index contributed by atoms with van der Waals surface area (Å²) in [5.41, 5.74) is 1.19. The number of amides is 1. The van der Waals surface area contributed by atoms with E-state index in [1.807, 2.05) is 6.07 Å². The first-order valence-corrected chi connectivity index (χ1v) is 11.5. The molecule has 1 amide bonds. The van der Waals surface area contributed by atoms with Gasteiger partial charge in [0.05, 0.1) is 17.8 Å². The Morgan fingerprint density at radius 2 is 1.79 bits per heavy atom. The standard InChI is InChI=1S/C23H14FI2N3O4/c24-18-3-1-2-4-21(18)28-23(30)16(12-27)9-15-10-19(25)22(20(26)11-15)33-13-14-5-7-17(8-6-14)29(31)32/h1-11H,13H2,(H,28,30)/b16-9-. The van der Waals surface area contributed by atoms with Crippen LogP contribution in [-0.4, -0.2) is 10.8 Å². The normalized spacial score (nSPS) is 10.9. The number of para-hydroxylation sites is 1. The molecular weight excluding hydrogens is 655 g/mol. The summed E-state index contributed by atoms with van der Waals surface area (Å²) in [4.78, 5) is 22.7. The summed E-state index contributed by atoms with van der Waals surface area (Å²) in [5, 5.41) is 22.6. The summed E-state index contributed by atoms with van der Waals surface area (Å²) < 4.78 is 21.2. The van der Waals surface area contributed by atoms with Crippen LogP contribution in [0, 0.1) is 34.4 Å². The molecule has 0 bridgehead atoms. The lowest BCUT2D eigenvalue weighted by Crippen LogP contribution is -2.14. The molecular formula is C23H14FI2N3O4. The molecule has 0 atom stereocenters. The Morgan fingerprint density at radius 3 is 2.36 bits per heavy atom. The van der Waals surface area contributed by atoms with Crippen LogP contribution in [0.3, 0.4) is 0 Å². The number of rotatable bonds is 7. The second-order valence-electron chi connectivity index (χ2n) is 6.63. The first-order valence-electron chi connectivity index (χ1n) is 9.31. The average molecular weight is 669 g/mol. The van der Waals surface area contributed by atoms with Gasteiger partial charge < -0.3 is 10.1 Å². The van der Waals surface area contributed by atoms with E-state index in [2.05, 4.69) is 50.5 Å². The minimum atomic E-state index is -0.717. The minimum Gasteiger partial charge on any atom is -0.487 e. The van der Waals surface area contributed by atoms with E-state index in [9.17, 15) is 24.6 Å². The van der Waals surface area contributed by atoms with E-state index in [1.54, 1.807) is 30.3 Å². The fourth-order valence-corrected chi connectivity index (χ4v) is 4.87. The van der Waals surface area contributed by atoms with Gasteiger partial charge in [0.15, 0.2) is 0 Å². The number of nitro groups is 1. The maximum absolute atomic E-state index is 13.8. The highest BCUT2D eigenvalue weighted by Crippen LogP contribution is 2.31. The highest BCUT2D eigenvalue weighted by atomic mass is 127. The first-order chi connectivity index (χ1) is 15.8. The number of ether oxygens (including phenoxy) is 1. The quantitative estimate of drug-likeness (QED) is 0.108. The number of carbonyl (C=O) groups excluding carboxylic acids is 1. The van der Waals surface area contributed by atoms with E-state index in [1.165, 1.54) is 36.4 Å². The van der Waals surface area contributed by atoms with Crippen molar-refractivity contribution >= 4 is 68.5 Å². The number of anilines is 1.